The Bertz CT molecular complexity index is 408. The number of nitrogens with one attached hydrogen (secondary N) is 2. The van der Waals surface area contributed by atoms with Gasteiger partial charge in [0.05, 0.1) is 19.3 Å². The van der Waals surface area contributed by atoms with Crippen LogP contribution in [0.2, 0.25) is 0 Å². The van der Waals surface area contributed by atoms with E-state index in [2.05, 4.69) is 40.4 Å². The molecular formula is C13H19BrN2O2. The highest BCUT2D eigenvalue weighted by atomic mass is 79.9. The van der Waals surface area contributed by atoms with Gasteiger partial charge in [-0.2, -0.15) is 0 Å². The number of ether oxygens (including phenoxy) is 1. The molecule has 0 saturated heterocycles. The standard InChI is InChI=1S/C13H19BrN2O2/c1-9(2)7-16-13(17)8-15-12-6-10(18-3)4-5-11(12)14/h4-6,9,15H,7-8H2,1-3H3,(H,16,17). The van der Waals surface area contributed by atoms with Crippen molar-refractivity contribution in [2.24, 2.45) is 5.92 Å². The molecular weight excluding hydrogens is 296 g/mol. The van der Waals surface area contributed by atoms with Crippen LogP contribution in [-0.2, 0) is 4.79 Å². The summed E-state index contributed by atoms with van der Waals surface area (Å²) in [6, 6.07) is 5.58. The molecule has 1 amide bonds. The van der Waals surface area contributed by atoms with Gasteiger partial charge in [-0.25, -0.2) is 0 Å². The van der Waals surface area contributed by atoms with Crippen molar-refractivity contribution in [3.63, 3.8) is 0 Å². The van der Waals surface area contributed by atoms with E-state index in [1.807, 2.05) is 18.2 Å². The van der Waals surface area contributed by atoms with Gasteiger partial charge < -0.3 is 15.4 Å². The van der Waals surface area contributed by atoms with E-state index in [4.69, 9.17) is 4.74 Å². The molecule has 0 radical (unpaired) electrons. The van der Waals surface area contributed by atoms with Gasteiger partial charge in [0.25, 0.3) is 0 Å². The van der Waals surface area contributed by atoms with Crippen LogP contribution in [0.15, 0.2) is 22.7 Å². The number of rotatable bonds is 6. The quantitative estimate of drug-likeness (QED) is 0.848. The number of halogens is 1. The fourth-order valence-corrected chi connectivity index (χ4v) is 1.71. The Morgan fingerprint density at radius 3 is 2.78 bits per heavy atom. The predicted molar refractivity (Wildman–Crippen MR) is 77.0 cm³/mol. The summed E-state index contributed by atoms with van der Waals surface area (Å²) in [5, 5.41) is 5.92. The monoisotopic (exact) mass is 314 g/mol. The minimum atomic E-state index is -0.0154. The van der Waals surface area contributed by atoms with E-state index in [-0.39, 0.29) is 12.5 Å². The summed E-state index contributed by atoms with van der Waals surface area (Å²) in [6.45, 7) is 5.07. The second-order valence-electron chi connectivity index (χ2n) is 4.40. The molecule has 0 fully saturated rings. The first-order valence-corrected chi connectivity index (χ1v) is 6.66. The van der Waals surface area contributed by atoms with Gasteiger partial charge in [-0.3, -0.25) is 4.79 Å². The molecule has 0 aromatic heterocycles. The van der Waals surface area contributed by atoms with Crippen LogP contribution in [0.3, 0.4) is 0 Å². The zero-order valence-electron chi connectivity index (χ0n) is 10.9. The number of amides is 1. The van der Waals surface area contributed by atoms with E-state index in [0.29, 0.717) is 12.5 Å². The van der Waals surface area contributed by atoms with Crippen LogP contribution in [0, 0.1) is 5.92 Å². The SMILES string of the molecule is COc1ccc(Br)c(NCC(=O)NCC(C)C)c1. The van der Waals surface area contributed by atoms with Gasteiger partial charge in [-0.15, -0.1) is 0 Å². The van der Waals surface area contributed by atoms with Crippen LogP contribution in [0.4, 0.5) is 5.69 Å². The Hall–Kier alpha value is -1.23. The van der Waals surface area contributed by atoms with E-state index in [9.17, 15) is 4.79 Å². The fourth-order valence-electron chi connectivity index (χ4n) is 1.32. The van der Waals surface area contributed by atoms with Crippen molar-refractivity contribution in [3.05, 3.63) is 22.7 Å². The van der Waals surface area contributed by atoms with E-state index in [1.165, 1.54) is 0 Å². The Morgan fingerprint density at radius 1 is 1.44 bits per heavy atom. The number of anilines is 1. The average molecular weight is 315 g/mol. The number of hydrogen-bond donors (Lipinski definition) is 2. The molecule has 100 valence electrons. The summed E-state index contributed by atoms with van der Waals surface area (Å²) in [7, 11) is 1.61. The van der Waals surface area contributed by atoms with Crippen LogP contribution in [-0.4, -0.2) is 26.1 Å². The second kappa shape index (κ2) is 7.26. The number of carbonyl (C=O) groups is 1. The van der Waals surface area contributed by atoms with Crippen molar-refractivity contribution in [2.75, 3.05) is 25.5 Å². The maximum atomic E-state index is 11.6. The molecule has 0 spiro atoms. The third-order valence-corrected chi connectivity index (χ3v) is 3.01. The first-order valence-electron chi connectivity index (χ1n) is 5.87. The first-order chi connectivity index (χ1) is 8.52. The highest BCUT2D eigenvalue weighted by molar-refractivity contribution is 9.10. The van der Waals surface area contributed by atoms with Gasteiger partial charge >= 0.3 is 0 Å². The number of methoxy groups -OCH3 is 1. The van der Waals surface area contributed by atoms with Gasteiger partial charge in [0.2, 0.25) is 5.91 Å². The molecule has 0 heterocycles. The molecule has 1 aromatic rings. The number of benzene rings is 1. The summed E-state index contributed by atoms with van der Waals surface area (Å²) in [5.74, 6) is 1.19. The van der Waals surface area contributed by atoms with Crippen molar-refractivity contribution in [1.82, 2.24) is 5.32 Å². The molecule has 1 rings (SSSR count). The Kier molecular flexibility index (Phi) is 5.98. The van der Waals surface area contributed by atoms with Gasteiger partial charge in [0, 0.05) is 17.1 Å². The summed E-state index contributed by atoms with van der Waals surface area (Å²) in [6.07, 6.45) is 0. The van der Waals surface area contributed by atoms with E-state index in [1.54, 1.807) is 7.11 Å². The minimum Gasteiger partial charge on any atom is -0.497 e. The molecule has 4 nitrogen and oxygen atoms in total. The molecule has 0 aliphatic rings. The van der Waals surface area contributed by atoms with E-state index < -0.39 is 0 Å². The summed E-state index contributed by atoms with van der Waals surface area (Å²) >= 11 is 3.42. The maximum absolute atomic E-state index is 11.6. The maximum Gasteiger partial charge on any atom is 0.239 e. The van der Waals surface area contributed by atoms with Gasteiger partial charge in [-0.05, 0) is 34.0 Å². The van der Waals surface area contributed by atoms with E-state index >= 15 is 0 Å². The zero-order valence-corrected chi connectivity index (χ0v) is 12.5. The third-order valence-electron chi connectivity index (χ3n) is 2.32. The molecule has 0 aliphatic carbocycles. The first kappa shape index (κ1) is 14.8. The zero-order chi connectivity index (χ0) is 13.5. The Balaban J connectivity index is 2.50. The van der Waals surface area contributed by atoms with Crippen LogP contribution in [0.5, 0.6) is 5.75 Å². The lowest BCUT2D eigenvalue weighted by atomic mass is 10.2. The topological polar surface area (TPSA) is 50.4 Å². The molecule has 0 atom stereocenters. The molecule has 5 heteroatoms. The van der Waals surface area contributed by atoms with Crippen molar-refractivity contribution in [2.45, 2.75) is 13.8 Å². The van der Waals surface area contributed by atoms with Crippen molar-refractivity contribution >= 4 is 27.5 Å². The largest absolute Gasteiger partial charge is 0.497 e. The molecule has 1 aromatic carbocycles. The minimum absolute atomic E-state index is 0.0154. The van der Waals surface area contributed by atoms with Gasteiger partial charge in [-0.1, -0.05) is 13.8 Å². The highest BCUT2D eigenvalue weighted by Crippen LogP contribution is 2.26. The van der Waals surface area contributed by atoms with Crippen molar-refractivity contribution in [1.29, 1.82) is 0 Å². The van der Waals surface area contributed by atoms with E-state index in [0.717, 1.165) is 15.9 Å². The smallest absolute Gasteiger partial charge is 0.239 e. The molecule has 2 N–H and O–H groups in total. The molecule has 0 bridgehead atoms. The number of hydrogen-bond acceptors (Lipinski definition) is 3. The molecule has 0 unspecified atom stereocenters. The van der Waals surface area contributed by atoms with Crippen LogP contribution >= 0.6 is 15.9 Å². The summed E-state index contributed by atoms with van der Waals surface area (Å²) < 4.78 is 6.04. The van der Waals surface area contributed by atoms with Crippen LogP contribution < -0.4 is 15.4 Å². The normalized spacial score (nSPS) is 10.3. The Labute approximate surface area is 116 Å². The average Bonchev–Trinajstić information content (AvgIpc) is 2.35. The summed E-state index contributed by atoms with van der Waals surface area (Å²) in [5.41, 5.74) is 0.842. The summed E-state index contributed by atoms with van der Waals surface area (Å²) in [4.78, 5) is 11.6. The number of carbonyl (C=O) groups excluding carboxylic acids is 1. The Morgan fingerprint density at radius 2 is 2.17 bits per heavy atom. The second-order valence-corrected chi connectivity index (χ2v) is 5.25. The third kappa shape index (κ3) is 4.96. The fraction of sp³-hybridized carbons (Fsp3) is 0.462. The molecule has 0 aliphatic heterocycles. The van der Waals surface area contributed by atoms with Crippen molar-refractivity contribution in [3.8, 4) is 5.75 Å². The lowest BCUT2D eigenvalue weighted by molar-refractivity contribution is -0.119. The highest BCUT2D eigenvalue weighted by Gasteiger charge is 2.05. The van der Waals surface area contributed by atoms with Crippen LogP contribution in [0.25, 0.3) is 0 Å². The van der Waals surface area contributed by atoms with Gasteiger partial charge in [0.1, 0.15) is 5.75 Å². The molecule has 0 saturated carbocycles. The van der Waals surface area contributed by atoms with Crippen LogP contribution in [0.1, 0.15) is 13.8 Å². The lowest BCUT2D eigenvalue weighted by Crippen LogP contribution is -2.32. The van der Waals surface area contributed by atoms with Crippen molar-refractivity contribution < 1.29 is 9.53 Å². The predicted octanol–water partition coefficient (Wildman–Crippen LogP) is 2.64. The molecule has 18 heavy (non-hydrogen) atoms. The lowest BCUT2D eigenvalue weighted by Gasteiger charge is -2.11. The van der Waals surface area contributed by atoms with Gasteiger partial charge in [0.15, 0.2) is 0 Å².